The lowest BCUT2D eigenvalue weighted by atomic mass is 10.3. The summed E-state index contributed by atoms with van der Waals surface area (Å²) in [7, 11) is 0. The molecular formula is C5H9ClN2O. The molecule has 0 saturated carbocycles. The maximum absolute atomic E-state index is 5.37. The molecule has 0 amide bonds. The van der Waals surface area contributed by atoms with Gasteiger partial charge in [0.05, 0.1) is 17.7 Å². The highest BCUT2D eigenvalue weighted by Gasteiger charge is 1.98. The van der Waals surface area contributed by atoms with Crippen molar-refractivity contribution in [1.82, 2.24) is 0 Å². The van der Waals surface area contributed by atoms with Crippen LogP contribution in [-0.4, -0.2) is 6.61 Å². The zero-order valence-corrected chi connectivity index (χ0v) is 5.65. The molecule has 4 heteroatoms. The summed E-state index contributed by atoms with van der Waals surface area (Å²) in [6.07, 6.45) is 3.17. The average Bonchev–Trinajstić information content (AvgIpc) is 1.77. The van der Waals surface area contributed by atoms with Gasteiger partial charge in [-0.2, -0.15) is 0 Å². The molecular weight excluding hydrogens is 140 g/mol. The van der Waals surface area contributed by atoms with Crippen LogP contribution in [0.15, 0.2) is 23.7 Å². The normalized spacial score (nSPS) is 16.4. The van der Waals surface area contributed by atoms with Crippen LogP contribution in [0.25, 0.3) is 0 Å². The van der Waals surface area contributed by atoms with Gasteiger partial charge >= 0.3 is 0 Å². The van der Waals surface area contributed by atoms with E-state index in [9.17, 15) is 0 Å². The highest BCUT2D eigenvalue weighted by Crippen LogP contribution is 2.00. The molecule has 1 aliphatic rings. The second kappa shape index (κ2) is 3.25. The summed E-state index contributed by atoms with van der Waals surface area (Å²) in [6, 6.07) is 0. The first-order chi connectivity index (χ1) is 3.80. The monoisotopic (exact) mass is 148 g/mol. The molecule has 3 nitrogen and oxygen atoms in total. The molecule has 0 radical (unpaired) electrons. The number of rotatable bonds is 0. The van der Waals surface area contributed by atoms with Gasteiger partial charge in [0, 0.05) is 0 Å². The predicted octanol–water partition coefficient (Wildman–Crippen LogP) is 0.0811. The Morgan fingerprint density at radius 1 is 1.44 bits per heavy atom. The Hall–Kier alpha value is -0.830. The van der Waals surface area contributed by atoms with Crippen molar-refractivity contribution in [1.29, 1.82) is 0 Å². The van der Waals surface area contributed by atoms with E-state index in [1.54, 1.807) is 6.08 Å². The summed E-state index contributed by atoms with van der Waals surface area (Å²) in [5.41, 5.74) is 11.9. The molecule has 1 rings (SSSR count). The molecule has 4 N–H and O–H groups in total. The van der Waals surface area contributed by atoms with Gasteiger partial charge in [0.2, 0.25) is 0 Å². The van der Waals surface area contributed by atoms with Crippen molar-refractivity contribution in [3.05, 3.63) is 23.7 Å². The van der Waals surface area contributed by atoms with E-state index in [1.165, 1.54) is 6.26 Å². The first-order valence-electron chi connectivity index (χ1n) is 2.33. The van der Waals surface area contributed by atoms with E-state index >= 15 is 0 Å². The van der Waals surface area contributed by atoms with Gasteiger partial charge in [-0.3, -0.25) is 0 Å². The van der Waals surface area contributed by atoms with Gasteiger partial charge in [0.15, 0.2) is 0 Å². The van der Waals surface area contributed by atoms with E-state index in [0.717, 1.165) is 0 Å². The predicted molar refractivity (Wildman–Crippen MR) is 37.7 cm³/mol. The second-order valence-electron chi connectivity index (χ2n) is 1.59. The van der Waals surface area contributed by atoms with Crippen molar-refractivity contribution >= 4 is 12.4 Å². The Labute approximate surface area is 59.8 Å². The molecule has 0 unspecified atom stereocenters. The Bertz CT molecular complexity index is 153. The summed E-state index contributed by atoms with van der Waals surface area (Å²) in [5, 5.41) is 0. The largest absolute Gasteiger partial charge is 0.495 e. The Morgan fingerprint density at radius 2 is 2.11 bits per heavy atom. The average molecular weight is 149 g/mol. The third-order valence-electron chi connectivity index (χ3n) is 0.953. The number of allylic oxidation sites excluding steroid dienone is 1. The minimum Gasteiger partial charge on any atom is -0.495 e. The van der Waals surface area contributed by atoms with Crippen LogP contribution in [0.3, 0.4) is 0 Å². The third kappa shape index (κ3) is 1.85. The Kier molecular flexibility index (Phi) is 2.95. The van der Waals surface area contributed by atoms with E-state index in [1.807, 2.05) is 0 Å². The van der Waals surface area contributed by atoms with Gasteiger partial charge in [0.1, 0.15) is 6.61 Å². The standard InChI is InChI=1S/C5H8N2O.ClH/c6-4-1-2-8-3-5(4)7;/h1-2H,3,6-7H2;1H. The molecule has 52 valence electrons. The van der Waals surface area contributed by atoms with E-state index in [4.69, 9.17) is 16.2 Å². The molecule has 0 aliphatic carbocycles. The van der Waals surface area contributed by atoms with Crippen molar-refractivity contribution < 1.29 is 4.74 Å². The minimum atomic E-state index is 0. The lowest BCUT2D eigenvalue weighted by Crippen LogP contribution is -2.15. The number of hydrogen-bond acceptors (Lipinski definition) is 3. The van der Waals surface area contributed by atoms with Gasteiger partial charge in [-0.25, -0.2) is 0 Å². The van der Waals surface area contributed by atoms with Crippen LogP contribution in [-0.2, 0) is 4.74 Å². The van der Waals surface area contributed by atoms with Crippen LogP contribution in [0.2, 0.25) is 0 Å². The van der Waals surface area contributed by atoms with Gasteiger partial charge in [0.25, 0.3) is 0 Å². The fourth-order valence-electron chi connectivity index (χ4n) is 0.450. The van der Waals surface area contributed by atoms with Crippen LogP contribution >= 0.6 is 12.4 Å². The van der Waals surface area contributed by atoms with Crippen LogP contribution in [0.5, 0.6) is 0 Å². The van der Waals surface area contributed by atoms with E-state index < -0.39 is 0 Å². The quantitative estimate of drug-likeness (QED) is 0.512. The second-order valence-corrected chi connectivity index (χ2v) is 1.59. The maximum atomic E-state index is 5.37. The molecule has 0 spiro atoms. The summed E-state index contributed by atoms with van der Waals surface area (Å²) in [4.78, 5) is 0. The third-order valence-corrected chi connectivity index (χ3v) is 0.953. The number of halogens is 1. The first kappa shape index (κ1) is 8.17. The van der Waals surface area contributed by atoms with Crippen LogP contribution in [0.4, 0.5) is 0 Å². The molecule has 0 atom stereocenters. The van der Waals surface area contributed by atoms with Crippen LogP contribution in [0.1, 0.15) is 0 Å². The van der Waals surface area contributed by atoms with Gasteiger partial charge in [-0.05, 0) is 6.08 Å². The number of ether oxygens (including phenoxy) is 1. The van der Waals surface area contributed by atoms with Crippen molar-refractivity contribution in [3.63, 3.8) is 0 Å². The molecule has 0 aromatic rings. The zero-order valence-electron chi connectivity index (χ0n) is 4.83. The van der Waals surface area contributed by atoms with Crippen LogP contribution < -0.4 is 11.5 Å². The van der Waals surface area contributed by atoms with Gasteiger partial charge < -0.3 is 16.2 Å². The Balaban J connectivity index is 0.000000640. The molecule has 1 heterocycles. The summed E-state index contributed by atoms with van der Waals surface area (Å²) in [5.74, 6) is 0. The smallest absolute Gasteiger partial charge is 0.129 e. The Morgan fingerprint density at radius 3 is 2.44 bits per heavy atom. The topological polar surface area (TPSA) is 61.3 Å². The highest BCUT2D eigenvalue weighted by atomic mass is 35.5. The van der Waals surface area contributed by atoms with Crippen molar-refractivity contribution in [2.24, 2.45) is 11.5 Å². The van der Waals surface area contributed by atoms with Crippen LogP contribution in [0, 0.1) is 0 Å². The first-order valence-corrected chi connectivity index (χ1v) is 2.33. The fraction of sp³-hybridized carbons (Fsp3) is 0.200. The molecule has 0 aromatic heterocycles. The van der Waals surface area contributed by atoms with E-state index in [-0.39, 0.29) is 12.4 Å². The maximum Gasteiger partial charge on any atom is 0.129 e. The molecule has 0 aromatic carbocycles. The molecule has 0 fully saturated rings. The lowest BCUT2D eigenvalue weighted by Gasteiger charge is -2.07. The minimum absolute atomic E-state index is 0. The van der Waals surface area contributed by atoms with E-state index in [0.29, 0.717) is 18.0 Å². The molecule has 0 saturated heterocycles. The zero-order chi connectivity index (χ0) is 5.98. The SMILES string of the molecule is Cl.NC1=C(N)COC=C1. The van der Waals surface area contributed by atoms with Crippen molar-refractivity contribution in [2.75, 3.05) is 6.61 Å². The van der Waals surface area contributed by atoms with Crippen molar-refractivity contribution in [3.8, 4) is 0 Å². The summed E-state index contributed by atoms with van der Waals surface area (Å²) >= 11 is 0. The summed E-state index contributed by atoms with van der Waals surface area (Å²) in [6.45, 7) is 0.419. The number of nitrogens with two attached hydrogens (primary N) is 2. The van der Waals surface area contributed by atoms with Gasteiger partial charge in [-0.1, -0.05) is 0 Å². The van der Waals surface area contributed by atoms with Gasteiger partial charge in [-0.15, -0.1) is 12.4 Å². The fourth-order valence-corrected chi connectivity index (χ4v) is 0.450. The molecule has 1 aliphatic heterocycles. The lowest BCUT2D eigenvalue weighted by molar-refractivity contribution is 0.272. The highest BCUT2D eigenvalue weighted by molar-refractivity contribution is 5.85. The molecule has 9 heavy (non-hydrogen) atoms. The molecule has 0 bridgehead atoms. The van der Waals surface area contributed by atoms with Crippen molar-refractivity contribution in [2.45, 2.75) is 0 Å². The van der Waals surface area contributed by atoms with E-state index in [2.05, 4.69) is 0 Å². The summed E-state index contributed by atoms with van der Waals surface area (Å²) < 4.78 is 4.81. The number of hydrogen-bond donors (Lipinski definition) is 2.